The average Bonchev–Trinajstić information content (AvgIpc) is 3.29. The highest BCUT2D eigenvalue weighted by molar-refractivity contribution is 5.66. The Morgan fingerprint density at radius 2 is 1.79 bits per heavy atom. The first-order valence-corrected chi connectivity index (χ1v) is 8.82. The van der Waals surface area contributed by atoms with E-state index in [-0.39, 0.29) is 12.5 Å². The summed E-state index contributed by atoms with van der Waals surface area (Å²) in [6.07, 6.45) is 21.3. The summed E-state index contributed by atoms with van der Waals surface area (Å²) in [5.41, 5.74) is 0. The Hall–Kier alpha value is -1.65. The van der Waals surface area contributed by atoms with Gasteiger partial charge in [-0.3, -0.25) is 4.79 Å². The molecule has 1 saturated heterocycles. The van der Waals surface area contributed by atoms with E-state index in [4.69, 9.17) is 9.84 Å². The van der Waals surface area contributed by atoms with Crippen LogP contribution in [0.1, 0.15) is 51.9 Å². The Labute approximate surface area is 145 Å². The molecule has 0 aromatic heterocycles. The fourth-order valence-electron chi connectivity index (χ4n) is 2.35. The number of aliphatic hydroxyl groups is 1. The highest BCUT2D eigenvalue weighted by Gasteiger charge is 2.37. The van der Waals surface area contributed by atoms with E-state index in [1.54, 1.807) is 6.08 Å². The van der Waals surface area contributed by atoms with Gasteiger partial charge in [-0.15, -0.1) is 0 Å². The lowest BCUT2D eigenvalue weighted by molar-refractivity contribution is -0.137. The molecule has 1 fully saturated rings. The van der Waals surface area contributed by atoms with E-state index in [1.165, 1.54) is 0 Å². The van der Waals surface area contributed by atoms with Gasteiger partial charge < -0.3 is 14.9 Å². The average molecular weight is 334 g/mol. The number of carboxylic acid groups (broad SMARTS) is 1. The van der Waals surface area contributed by atoms with Gasteiger partial charge in [-0.05, 0) is 32.1 Å². The second-order valence-corrected chi connectivity index (χ2v) is 5.94. The number of aliphatic hydroxyl groups excluding tert-OH is 1. The molecule has 0 aliphatic carbocycles. The van der Waals surface area contributed by atoms with Crippen molar-refractivity contribution in [3.8, 4) is 0 Å². The smallest absolute Gasteiger partial charge is 0.303 e. The van der Waals surface area contributed by atoms with Crippen LogP contribution in [0.15, 0.2) is 48.6 Å². The third-order valence-electron chi connectivity index (χ3n) is 3.78. The molecule has 24 heavy (non-hydrogen) atoms. The number of hydrogen-bond acceptors (Lipinski definition) is 3. The van der Waals surface area contributed by atoms with Gasteiger partial charge in [-0.25, -0.2) is 0 Å². The molecule has 0 bridgehead atoms. The van der Waals surface area contributed by atoms with E-state index < -0.39 is 12.1 Å². The van der Waals surface area contributed by atoms with E-state index in [9.17, 15) is 9.90 Å². The molecule has 4 nitrogen and oxygen atoms in total. The molecule has 0 radical (unpaired) electrons. The van der Waals surface area contributed by atoms with Crippen LogP contribution in [0.4, 0.5) is 0 Å². The predicted molar refractivity (Wildman–Crippen MR) is 96.9 cm³/mol. The van der Waals surface area contributed by atoms with Crippen molar-refractivity contribution < 1.29 is 19.7 Å². The van der Waals surface area contributed by atoms with Gasteiger partial charge in [0.1, 0.15) is 0 Å². The van der Waals surface area contributed by atoms with Gasteiger partial charge in [-0.1, -0.05) is 55.5 Å². The van der Waals surface area contributed by atoms with Crippen molar-refractivity contribution in [2.45, 2.75) is 70.2 Å². The van der Waals surface area contributed by atoms with Gasteiger partial charge in [-0.2, -0.15) is 0 Å². The molecule has 1 heterocycles. The van der Waals surface area contributed by atoms with Crippen molar-refractivity contribution in [2.75, 3.05) is 0 Å². The number of carbonyl (C=O) groups is 1. The summed E-state index contributed by atoms with van der Waals surface area (Å²) >= 11 is 0. The fourth-order valence-corrected chi connectivity index (χ4v) is 2.35. The SMILES string of the molecule is CCC1OC1CC(O)C=CC=CCC=CCC=CCCCC(=O)O. The van der Waals surface area contributed by atoms with E-state index >= 15 is 0 Å². The third kappa shape index (κ3) is 11.0. The Balaban J connectivity index is 1.99. The Morgan fingerprint density at radius 3 is 2.46 bits per heavy atom. The lowest BCUT2D eigenvalue weighted by Gasteiger charge is -2.00. The van der Waals surface area contributed by atoms with E-state index in [0.29, 0.717) is 18.9 Å². The number of carboxylic acids is 1. The third-order valence-corrected chi connectivity index (χ3v) is 3.78. The molecule has 0 aromatic carbocycles. The van der Waals surface area contributed by atoms with Crippen LogP contribution in [0.25, 0.3) is 0 Å². The minimum Gasteiger partial charge on any atom is -0.481 e. The molecule has 0 aromatic rings. The van der Waals surface area contributed by atoms with Gasteiger partial charge in [0, 0.05) is 12.8 Å². The van der Waals surface area contributed by atoms with E-state index in [0.717, 1.165) is 25.7 Å². The summed E-state index contributed by atoms with van der Waals surface area (Å²) in [5.74, 6) is -0.734. The summed E-state index contributed by atoms with van der Waals surface area (Å²) in [5, 5.41) is 18.3. The Bertz CT molecular complexity index is 462. The summed E-state index contributed by atoms with van der Waals surface area (Å²) in [6.45, 7) is 2.10. The highest BCUT2D eigenvalue weighted by Crippen LogP contribution is 2.29. The molecule has 0 saturated carbocycles. The number of allylic oxidation sites excluding steroid dienone is 7. The maximum Gasteiger partial charge on any atom is 0.303 e. The molecule has 4 heteroatoms. The van der Waals surface area contributed by atoms with Gasteiger partial charge >= 0.3 is 5.97 Å². The van der Waals surface area contributed by atoms with Gasteiger partial charge in [0.2, 0.25) is 0 Å². The zero-order valence-electron chi connectivity index (χ0n) is 14.5. The summed E-state index contributed by atoms with van der Waals surface area (Å²) in [6, 6.07) is 0. The molecule has 1 aliphatic heterocycles. The van der Waals surface area contributed by atoms with E-state index in [2.05, 4.69) is 25.2 Å². The first kappa shape index (κ1) is 20.4. The largest absolute Gasteiger partial charge is 0.481 e. The van der Waals surface area contributed by atoms with Crippen LogP contribution in [0.5, 0.6) is 0 Å². The van der Waals surface area contributed by atoms with Gasteiger partial charge in [0.05, 0.1) is 18.3 Å². The van der Waals surface area contributed by atoms with Crippen molar-refractivity contribution in [3.63, 3.8) is 0 Å². The second kappa shape index (κ2) is 12.7. The van der Waals surface area contributed by atoms with Crippen molar-refractivity contribution in [2.24, 2.45) is 0 Å². The minimum atomic E-state index is -0.734. The first-order chi connectivity index (χ1) is 11.6. The zero-order valence-corrected chi connectivity index (χ0v) is 14.5. The van der Waals surface area contributed by atoms with Crippen LogP contribution in [0, 0.1) is 0 Å². The molecule has 0 spiro atoms. The molecule has 1 aliphatic rings. The monoisotopic (exact) mass is 334 g/mol. The zero-order chi connectivity index (χ0) is 17.6. The first-order valence-electron chi connectivity index (χ1n) is 8.82. The highest BCUT2D eigenvalue weighted by atomic mass is 16.6. The summed E-state index contributed by atoms with van der Waals surface area (Å²) in [4.78, 5) is 10.3. The number of unbranched alkanes of at least 4 members (excludes halogenated alkanes) is 1. The molecule has 3 unspecified atom stereocenters. The van der Waals surface area contributed by atoms with Gasteiger partial charge in [0.15, 0.2) is 0 Å². The number of rotatable bonds is 13. The second-order valence-electron chi connectivity index (χ2n) is 5.94. The topological polar surface area (TPSA) is 70.1 Å². The normalized spacial score (nSPS) is 22.2. The van der Waals surface area contributed by atoms with Crippen molar-refractivity contribution in [1.82, 2.24) is 0 Å². The van der Waals surface area contributed by atoms with Crippen molar-refractivity contribution in [3.05, 3.63) is 48.6 Å². The molecule has 2 N–H and O–H groups in total. The maximum atomic E-state index is 10.3. The minimum absolute atomic E-state index is 0.235. The van der Waals surface area contributed by atoms with Crippen LogP contribution >= 0.6 is 0 Å². The van der Waals surface area contributed by atoms with Crippen molar-refractivity contribution >= 4 is 5.97 Å². The van der Waals surface area contributed by atoms with Crippen LogP contribution in [-0.4, -0.2) is 34.5 Å². The van der Waals surface area contributed by atoms with Crippen LogP contribution < -0.4 is 0 Å². The Kier molecular flexibility index (Phi) is 10.8. The van der Waals surface area contributed by atoms with Crippen molar-refractivity contribution in [1.29, 1.82) is 0 Å². The standard InChI is InChI=1S/C20H30O4/c1-2-18-19(24-18)16-17(21)14-12-10-8-6-4-3-5-7-9-11-13-15-20(22)23/h3-4,7-10,12,14,17-19,21H,2,5-6,11,13,15-16H2,1H3,(H,22,23). The number of aliphatic carboxylic acids is 1. The predicted octanol–water partition coefficient (Wildman–Crippen LogP) is 4.17. The van der Waals surface area contributed by atoms with Crippen LogP contribution in [0.3, 0.4) is 0 Å². The molecule has 0 amide bonds. The number of hydrogen-bond donors (Lipinski definition) is 2. The quantitative estimate of drug-likeness (QED) is 0.229. The molecular weight excluding hydrogens is 304 g/mol. The van der Waals surface area contributed by atoms with Gasteiger partial charge in [0.25, 0.3) is 0 Å². The van der Waals surface area contributed by atoms with Crippen LogP contribution in [0.2, 0.25) is 0 Å². The molecule has 3 atom stereocenters. The molecular formula is C20H30O4. The number of epoxide rings is 1. The molecule has 1 rings (SSSR count). The Morgan fingerprint density at radius 1 is 1.08 bits per heavy atom. The van der Waals surface area contributed by atoms with Crippen LogP contribution in [-0.2, 0) is 9.53 Å². The fraction of sp³-hybridized carbons (Fsp3) is 0.550. The molecule has 134 valence electrons. The maximum absolute atomic E-state index is 10.3. The van der Waals surface area contributed by atoms with E-state index in [1.807, 2.05) is 24.3 Å². The number of ether oxygens (including phenoxy) is 1. The lowest BCUT2D eigenvalue weighted by Crippen LogP contribution is -2.07. The summed E-state index contributed by atoms with van der Waals surface area (Å²) in [7, 11) is 0. The lowest BCUT2D eigenvalue weighted by atomic mass is 10.1. The summed E-state index contributed by atoms with van der Waals surface area (Å²) < 4.78 is 5.41.